The van der Waals surface area contributed by atoms with Gasteiger partial charge in [-0.05, 0) is 41.8 Å². The quantitative estimate of drug-likeness (QED) is 0.633. The fraction of sp³-hybridized carbons (Fsp3) is 0.263. The SMILES string of the molecule is Nc1cc(Cl)ccc1[C@@]1(C=O)CCNC(=O)C[C@H]1c1ccc(Cl)cc1. The fourth-order valence-corrected chi connectivity index (χ4v) is 3.92. The van der Waals surface area contributed by atoms with Crippen LogP contribution >= 0.6 is 23.2 Å². The first-order valence-electron chi connectivity index (χ1n) is 8.00. The lowest BCUT2D eigenvalue weighted by molar-refractivity contribution is -0.121. The zero-order valence-electron chi connectivity index (χ0n) is 13.5. The number of hydrogen-bond acceptors (Lipinski definition) is 3. The topological polar surface area (TPSA) is 72.2 Å². The lowest BCUT2D eigenvalue weighted by Gasteiger charge is -2.36. The number of nitrogen functional groups attached to an aromatic ring is 1. The second-order valence-corrected chi connectivity index (χ2v) is 7.17. The van der Waals surface area contributed by atoms with Gasteiger partial charge in [0.25, 0.3) is 0 Å². The number of carbonyl (C=O) groups excluding carboxylic acids is 2. The molecule has 2 aromatic carbocycles. The van der Waals surface area contributed by atoms with E-state index in [9.17, 15) is 9.59 Å². The molecule has 0 bridgehead atoms. The van der Waals surface area contributed by atoms with Gasteiger partial charge in [-0.25, -0.2) is 0 Å². The van der Waals surface area contributed by atoms with Crippen LogP contribution in [0.4, 0.5) is 5.69 Å². The summed E-state index contributed by atoms with van der Waals surface area (Å²) in [5.74, 6) is -0.426. The molecule has 25 heavy (non-hydrogen) atoms. The lowest BCUT2D eigenvalue weighted by atomic mass is 9.65. The van der Waals surface area contributed by atoms with Crippen LogP contribution in [0.2, 0.25) is 10.0 Å². The number of rotatable bonds is 3. The zero-order valence-corrected chi connectivity index (χ0v) is 15.0. The number of amides is 1. The van der Waals surface area contributed by atoms with E-state index in [-0.39, 0.29) is 18.2 Å². The molecule has 0 aliphatic carbocycles. The van der Waals surface area contributed by atoms with Crippen LogP contribution in [0.1, 0.15) is 29.9 Å². The van der Waals surface area contributed by atoms with Crippen LogP contribution in [-0.4, -0.2) is 18.7 Å². The van der Waals surface area contributed by atoms with Gasteiger partial charge < -0.3 is 15.8 Å². The first-order chi connectivity index (χ1) is 12.0. The van der Waals surface area contributed by atoms with Gasteiger partial charge in [-0.1, -0.05) is 41.4 Å². The highest BCUT2D eigenvalue weighted by Crippen LogP contribution is 2.46. The molecule has 0 spiro atoms. The zero-order chi connectivity index (χ0) is 18.0. The lowest BCUT2D eigenvalue weighted by Crippen LogP contribution is -2.37. The van der Waals surface area contributed by atoms with E-state index in [0.717, 1.165) is 11.8 Å². The molecule has 1 aliphatic rings. The Balaban J connectivity index is 2.19. The molecule has 130 valence electrons. The van der Waals surface area contributed by atoms with Crippen LogP contribution in [-0.2, 0) is 15.0 Å². The normalized spacial score (nSPS) is 23.6. The molecule has 1 aliphatic heterocycles. The van der Waals surface area contributed by atoms with Crippen molar-refractivity contribution in [1.29, 1.82) is 0 Å². The van der Waals surface area contributed by atoms with Gasteiger partial charge in [0.05, 0.1) is 5.41 Å². The van der Waals surface area contributed by atoms with Crippen molar-refractivity contribution in [3.05, 3.63) is 63.6 Å². The van der Waals surface area contributed by atoms with Crippen LogP contribution < -0.4 is 11.1 Å². The molecular formula is C19H18Cl2N2O2. The summed E-state index contributed by atoms with van der Waals surface area (Å²) in [5, 5.41) is 3.96. The maximum Gasteiger partial charge on any atom is 0.220 e. The van der Waals surface area contributed by atoms with Crippen molar-refractivity contribution in [3.8, 4) is 0 Å². The second kappa shape index (κ2) is 7.06. The number of nitrogens with one attached hydrogen (secondary N) is 1. The van der Waals surface area contributed by atoms with Gasteiger partial charge >= 0.3 is 0 Å². The molecule has 1 fully saturated rings. The number of anilines is 1. The van der Waals surface area contributed by atoms with Crippen molar-refractivity contribution in [2.45, 2.75) is 24.2 Å². The van der Waals surface area contributed by atoms with Gasteiger partial charge in [-0.3, -0.25) is 4.79 Å². The van der Waals surface area contributed by atoms with E-state index in [1.54, 1.807) is 30.3 Å². The Bertz CT molecular complexity index is 808. The molecule has 0 aromatic heterocycles. The molecule has 0 unspecified atom stereocenters. The van der Waals surface area contributed by atoms with E-state index in [2.05, 4.69) is 5.32 Å². The van der Waals surface area contributed by atoms with Gasteiger partial charge in [-0.15, -0.1) is 0 Å². The summed E-state index contributed by atoms with van der Waals surface area (Å²) in [6.45, 7) is 0.406. The summed E-state index contributed by atoms with van der Waals surface area (Å²) in [5.41, 5.74) is 7.31. The molecule has 3 rings (SSSR count). The Morgan fingerprint density at radius 3 is 2.44 bits per heavy atom. The Morgan fingerprint density at radius 1 is 1.12 bits per heavy atom. The highest BCUT2D eigenvalue weighted by molar-refractivity contribution is 6.31. The largest absolute Gasteiger partial charge is 0.398 e. The molecular weight excluding hydrogens is 359 g/mol. The van der Waals surface area contributed by atoms with Gasteiger partial charge in [-0.2, -0.15) is 0 Å². The van der Waals surface area contributed by atoms with E-state index in [1.165, 1.54) is 0 Å². The maximum atomic E-state index is 12.4. The van der Waals surface area contributed by atoms with Crippen LogP contribution in [0.5, 0.6) is 0 Å². The van der Waals surface area contributed by atoms with Crippen molar-refractivity contribution in [2.24, 2.45) is 0 Å². The molecule has 0 saturated carbocycles. The van der Waals surface area contributed by atoms with Gasteiger partial charge in [0.15, 0.2) is 0 Å². The average molecular weight is 377 g/mol. The van der Waals surface area contributed by atoms with Crippen molar-refractivity contribution < 1.29 is 9.59 Å². The van der Waals surface area contributed by atoms with Gasteiger partial charge in [0.1, 0.15) is 6.29 Å². The minimum atomic E-state index is -0.915. The molecule has 1 amide bonds. The summed E-state index contributed by atoms with van der Waals surface area (Å²) in [7, 11) is 0. The smallest absolute Gasteiger partial charge is 0.220 e. The summed E-state index contributed by atoms with van der Waals surface area (Å²) < 4.78 is 0. The maximum absolute atomic E-state index is 12.4. The Labute approximate surface area is 156 Å². The highest BCUT2D eigenvalue weighted by Gasteiger charge is 2.44. The molecule has 1 heterocycles. The van der Waals surface area contributed by atoms with Gasteiger partial charge in [0, 0.05) is 34.6 Å². The van der Waals surface area contributed by atoms with Crippen molar-refractivity contribution in [2.75, 3.05) is 12.3 Å². The Morgan fingerprint density at radius 2 is 1.80 bits per heavy atom. The minimum Gasteiger partial charge on any atom is -0.398 e. The van der Waals surface area contributed by atoms with E-state index >= 15 is 0 Å². The third-order valence-corrected chi connectivity index (χ3v) is 5.36. The van der Waals surface area contributed by atoms with Crippen molar-refractivity contribution >= 4 is 41.1 Å². The van der Waals surface area contributed by atoms with Crippen LogP contribution in [0.15, 0.2) is 42.5 Å². The standard InChI is InChI=1S/C19H18Cl2N2O2/c20-13-3-1-12(2-4-13)16-10-18(25)23-8-7-19(16,11-24)15-6-5-14(21)9-17(15)22/h1-6,9,11,16H,7-8,10,22H2,(H,23,25)/t16-,19-/m0/s1. The van der Waals surface area contributed by atoms with E-state index in [0.29, 0.717) is 34.3 Å². The number of hydrogen-bond donors (Lipinski definition) is 2. The van der Waals surface area contributed by atoms with Crippen LogP contribution in [0.25, 0.3) is 0 Å². The second-order valence-electron chi connectivity index (χ2n) is 6.30. The number of benzene rings is 2. The van der Waals surface area contributed by atoms with E-state index in [4.69, 9.17) is 28.9 Å². The first-order valence-corrected chi connectivity index (χ1v) is 8.76. The molecule has 2 aromatic rings. The first kappa shape index (κ1) is 17.8. The summed E-state index contributed by atoms with van der Waals surface area (Å²) in [6.07, 6.45) is 1.58. The highest BCUT2D eigenvalue weighted by atomic mass is 35.5. The van der Waals surface area contributed by atoms with E-state index in [1.807, 2.05) is 12.1 Å². The molecule has 2 atom stereocenters. The molecule has 0 radical (unpaired) electrons. The predicted octanol–water partition coefficient (Wildman–Crippen LogP) is 3.71. The number of aldehydes is 1. The molecule has 4 nitrogen and oxygen atoms in total. The predicted molar refractivity (Wildman–Crippen MR) is 100 cm³/mol. The molecule has 1 saturated heterocycles. The van der Waals surface area contributed by atoms with Gasteiger partial charge in [0.2, 0.25) is 5.91 Å². The number of carbonyl (C=O) groups is 2. The third-order valence-electron chi connectivity index (χ3n) is 4.87. The van der Waals surface area contributed by atoms with Crippen LogP contribution in [0.3, 0.4) is 0 Å². The van der Waals surface area contributed by atoms with Crippen molar-refractivity contribution in [1.82, 2.24) is 5.32 Å². The Kier molecular flexibility index (Phi) is 5.02. The van der Waals surface area contributed by atoms with Crippen molar-refractivity contribution in [3.63, 3.8) is 0 Å². The number of halogens is 2. The number of nitrogens with two attached hydrogens (primary N) is 1. The van der Waals surface area contributed by atoms with E-state index < -0.39 is 5.41 Å². The Hall–Kier alpha value is -2.04. The molecule has 3 N–H and O–H groups in total. The van der Waals surface area contributed by atoms with Crippen LogP contribution in [0, 0.1) is 0 Å². The third kappa shape index (κ3) is 3.37. The molecule has 6 heteroatoms. The average Bonchev–Trinajstić information content (AvgIpc) is 2.75. The fourth-order valence-electron chi connectivity index (χ4n) is 3.62. The monoisotopic (exact) mass is 376 g/mol. The summed E-state index contributed by atoms with van der Waals surface area (Å²) in [4.78, 5) is 24.6. The summed E-state index contributed by atoms with van der Waals surface area (Å²) in [6, 6.07) is 12.4. The summed E-state index contributed by atoms with van der Waals surface area (Å²) >= 11 is 12.0. The minimum absolute atomic E-state index is 0.0868.